The van der Waals surface area contributed by atoms with Crippen molar-refractivity contribution in [2.45, 2.75) is 18.8 Å². The lowest BCUT2D eigenvalue weighted by atomic mass is 10.5. The number of oxazole rings is 1. The molecule has 2 aromatic rings. The number of rotatable bonds is 3. The molecule has 0 radical (unpaired) electrons. The number of halogens is 1. The quantitative estimate of drug-likeness (QED) is 0.790. The second-order valence-electron chi connectivity index (χ2n) is 3.04. The highest BCUT2D eigenvalue weighted by Crippen LogP contribution is 2.06. The molecule has 2 heterocycles. The molecule has 0 spiro atoms. The average molecular weight is 256 g/mol. The molecule has 0 saturated carbocycles. The summed E-state index contributed by atoms with van der Waals surface area (Å²) in [5.74, 6) is 1.54. The van der Waals surface area contributed by atoms with Crippen LogP contribution in [0.25, 0.3) is 0 Å². The molecule has 0 N–H and O–H groups in total. The van der Waals surface area contributed by atoms with Gasteiger partial charge in [0.15, 0.2) is 0 Å². The van der Waals surface area contributed by atoms with E-state index in [2.05, 4.69) is 25.9 Å². The van der Waals surface area contributed by atoms with E-state index in [0.29, 0.717) is 12.4 Å². The van der Waals surface area contributed by atoms with Crippen LogP contribution in [0.3, 0.4) is 0 Å². The smallest absolute Gasteiger partial charge is 0.214 e. The first-order valence-electron chi connectivity index (χ1n) is 4.26. The van der Waals surface area contributed by atoms with Crippen LogP contribution in [0.5, 0.6) is 0 Å². The van der Waals surface area contributed by atoms with Crippen LogP contribution in [0.4, 0.5) is 0 Å². The molecule has 5 heteroatoms. The van der Waals surface area contributed by atoms with Gasteiger partial charge in [-0.1, -0.05) is 15.9 Å². The summed E-state index contributed by atoms with van der Waals surface area (Å²) < 4.78 is 7.31. The highest BCUT2D eigenvalue weighted by Gasteiger charge is 2.02. The Balaban J connectivity index is 2.10. The summed E-state index contributed by atoms with van der Waals surface area (Å²) in [6.45, 7) is 2.52. The number of aromatic nitrogens is 3. The number of hydrogen-bond acceptors (Lipinski definition) is 3. The first kappa shape index (κ1) is 9.45. The van der Waals surface area contributed by atoms with E-state index in [-0.39, 0.29) is 0 Å². The van der Waals surface area contributed by atoms with Crippen molar-refractivity contribution in [3.63, 3.8) is 0 Å². The van der Waals surface area contributed by atoms with Crippen LogP contribution >= 0.6 is 15.9 Å². The van der Waals surface area contributed by atoms with Crippen molar-refractivity contribution in [3.05, 3.63) is 36.1 Å². The summed E-state index contributed by atoms with van der Waals surface area (Å²) in [5.41, 5.74) is 1.01. The topological polar surface area (TPSA) is 43.9 Å². The maximum absolute atomic E-state index is 5.36. The van der Waals surface area contributed by atoms with E-state index in [1.165, 1.54) is 0 Å². The predicted octanol–water partition coefficient (Wildman–Crippen LogP) is 2.12. The van der Waals surface area contributed by atoms with Gasteiger partial charge in [-0.15, -0.1) is 0 Å². The van der Waals surface area contributed by atoms with Gasteiger partial charge in [0.25, 0.3) is 0 Å². The second kappa shape index (κ2) is 3.96. The maximum Gasteiger partial charge on any atom is 0.214 e. The first-order chi connectivity index (χ1) is 6.78. The van der Waals surface area contributed by atoms with Gasteiger partial charge < -0.3 is 8.98 Å². The van der Waals surface area contributed by atoms with Gasteiger partial charge >= 0.3 is 0 Å². The van der Waals surface area contributed by atoms with Gasteiger partial charge in [-0.25, -0.2) is 9.97 Å². The van der Waals surface area contributed by atoms with Crippen LogP contribution in [-0.4, -0.2) is 14.5 Å². The van der Waals surface area contributed by atoms with Crippen LogP contribution in [0.15, 0.2) is 23.1 Å². The molecule has 0 fully saturated rings. The molecule has 2 rings (SSSR count). The zero-order valence-corrected chi connectivity index (χ0v) is 9.36. The number of aryl methyl sites for hydroxylation is 1. The molecule has 0 atom stereocenters. The Morgan fingerprint density at radius 2 is 2.36 bits per heavy atom. The fourth-order valence-electron chi connectivity index (χ4n) is 1.19. The third-order valence-electron chi connectivity index (χ3n) is 1.81. The van der Waals surface area contributed by atoms with Crippen molar-refractivity contribution in [2.75, 3.05) is 0 Å². The molecule has 0 bridgehead atoms. The molecule has 14 heavy (non-hydrogen) atoms. The van der Waals surface area contributed by atoms with Crippen molar-refractivity contribution in [3.8, 4) is 0 Å². The lowest BCUT2D eigenvalue weighted by Crippen LogP contribution is -1.96. The molecular formula is C9H10BrN3O. The van der Waals surface area contributed by atoms with Crippen molar-refractivity contribution in [1.29, 1.82) is 0 Å². The van der Waals surface area contributed by atoms with E-state index >= 15 is 0 Å². The first-order valence-corrected chi connectivity index (χ1v) is 5.38. The fraction of sp³-hybridized carbons (Fsp3) is 0.333. The van der Waals surface area contributed by atoms with Crippen LogP contribution in [0.2, 0.25) is 0 Å². The number of nitrogens with zero attached hydrogens (tertiary/aromatic N) is 3. The van der Waals surface area contributed by atoms with E-state index in [0.717, 1.165) is 16.8 Å². The molecule has 0 aliphatic heterocycles. The third-order valence-corrected chi connectivity index (χ3v) is 2.39. The number of alkyl halides is 1. The summed E-state index contributed by atoms with van der Waals surface area (Å²) in [4.78, 5) is 8.30. The molecule has 4 nitrogen and oxygen atoms in total. The Bertz CT molecular complexity index is 421. The summed E-state index contributed by atoms with van der Waals surface area (Å²) >= 11 is 3.35. The largest absolute Gasteiger partial charge is 0.444 e. The highest BCUT2D eigenvalue weighted by molar-refractivity contribution is 9.08. The Morgan fingerprint density at radius 1 is 1.50 bits per heavy atom. The number of hydrogen-bond donors (Lipinski definition) is 0. The van der Waals surface area contributed by atoms with Gasteiger partial charge in [-0.05, 0) is 6.92 Å². The Labute approximate surface area is 90.1 Å². The zero-order valence-electron chi connectivity index (χ0n) is 7.77. The molecule has 0 amide bonds. The van der Waals surface area contributed by atoms with Crippen LogP contribution in [0, 0.1) is 6.92 Å². The summed E-state index contributed by atoms with van der Waals surface area (Å²) in [5, 5.41) is 0.768. The van der Waals surface area contributed by atoms with E-state index in [9.17, 15) is 0 Å². The molecule has 0 saturated heterocycles. The van der Waals surface area contributed by atoms with Crippen LogP contribution in [0.1, 0.15) is 17.3 Å². The Morgan fingerprint density at radius 3 is 2.93 bits per heavy atom. The highest BCUT2D eigenvalue weighted by atomic mass is 79.9. The van der Waals surface area contributed by atoms with Gasteiger partial charge in [0, 0.05) is 11.5 Å². The van der Waals surface area contributed by atoms with E-state index in [1.54, 1.807) is 12.5 Å². The van der Waals surface area contributed by atoms with E-state index in [4.69, 9.17) is 4.42 Å². The lowest BCUT2D eigenvalue weighted by molar-refractivity contribution is 0.457. The van der Waals surface area contributed by atoms with Gasteiger partial charge in [-0.3, -0.25) is 0 Å². The van der Waals surface area contributed by atoms with Gasteiger partial charge in [0.2, 0.25) is 5.89 Å². The molecule has 0 unspecified atom stereocenters. The number of imidazole rings is 1. The van der Waals surface area contributed by atoms with Crippen molar-refractivity contribution in [1.82, 2.24) is 14.5 Å². The third kappa shape index (κ3) is 2.04. The second-order valence-corrected chi connectivity index (χ2v) is 3.60. The minimum absolute atomic E-state index is 0.633. The maximum atomic E-state index is 5.36. The monoisotopic (exact) mass is 255 g/mol. The predicted molar refractivity (Wildman–Crippen MR) is 55.2 cm³/mol. The normalized spacial score (nSPS) is 10.7. The molecule has 0 aliphatic carbocycles. The van der Waals surface area contributed by atoms with Crippen LogP contribution in [-0.2, 0) is 11.9 Å². The molecule has 74 valence electrons. The summed E-state index contributed by atoms with van der Waals surface area (Å²) in [6.07, 6.45) is 5.46. The van der Waals surface area contributed by atoms with E-state index < -0.39 is 0 Å². The minimum atomic E-state index is 0.633. The van der Waals surface area contributed by atoms with Crippen molar-refractivity contribution < 1.29 is 4.42 Å². The molecule has 0 aromatic carbocycles. The Hall–Kier alpha value is -1.10. The van der Waals surface area contributed by atoms with E-state index in [1.807, 2.05) is 17.7 Å². The van der Waals surface area contributed by atoms with Gasteiger partial charge in [0.05, 0.1) is 18.2 Å². The lowest BCUT2D eigenvalue weighted by Gasteiger charge is -1.95. The van der Waals surface area contributed by atoms with Crippen LogP contribution < -0.4 is 0 Å². The average Bonchev–Trinajstić information content (AvgIpc) is 2.76. The SMILES string of the molecule is Cc1cnc(Cn2cnc(CBr)c2)o1. The minimum Gasteiger partial charge on any atom is -0.444 e. The standard InChI is InChI=1S/C9H10BrN3O/c1-7-3-11-9(14-7)5-13-4-8(2-10)12-6-13/h3-4,6H,2,5H2,1H3. The molecular weight excluding hydrogens is 246 g/mol. The summed E-state index contributed by atoms with van der Waals surface area (Å²) in [7, 11) is 0. The summed E-state index contributed by atoms with van der Waals surface area (Å²) in [6, 6.07) is 0. The Kier molecular flexibility index (Phi) is 2.67. The molecule has 0 aliphatic rings. The van der Waals surface area contributed by atoms with Crippen molar-refractivity contribution >= 4 is 15.9 Å². The van der Waals surface area contributed by atoms with Gasteiger partial charge in [0.1, 0.15) is 12.3 Å². The van der Waals surface area contributed by atoms with Gasteiger partial charge in [-0.2, -0.15) is 0 Å². The fourth-order valence-corrected chi connectivity index (χ4v) is 1.48. The molecule has 2 aromatic heterocycles. The zero-order chi connectivity index (χ0) is 9.97. The van der Waals surface area contributed by atoms with Crippen molar-refractivity contribution in [2.24, 2.45) is 0 Å².